The fourth-order valence-corrected chi connectivity index (χ4v) is 3.10. The average molecular weight is 370 g/mol. The van der Waals surface area contributed by atoms with Gasteiger partial charge in [0, 0.05) is 23.6 Å². The summed E-state index contributed by atoms with van der Waals surface area (Å²) in [6, 6.07) is 1.87. The highest BCUT2D eigenvalue weighted by molar-refractivity contribution is 6.34. The number of aliphatic hydroxyl groups is 1. The van der Waals surface area contributed by atoms with Crippen LogP contribution < -0.4 is 9.64 Å². The number of aliphatic hydroxyl groups excluding tert-OH is 1. The summed E-state index contributed by atoms with van der Waals surface area (Å²) in [5, 5.41) is 18.2. The molecule has 132 valence electrons. The number of carboxylic acid groups (broad SMARTS) is 1. The molecule has 0 radical (unpaired) electrons. The van der Waals surface area contributed by atoms with Crippen molar-refractivity contribution < 1.29 is 33.7 Å². The lowest BCUT2D eigenvalue weighted by atomic mass is 9.91. The first-order chi connectivity index (χ1) is 11.8. The number of carboxylic acids is 1. The molecule has 1 heterocycles. The predicted octanol–water partition coefficient (Wildman–Crippen LogP) is 1.66. The third-order valence-corrected chi connectivity index (χ3v) is 4.34. The second kappa shape index (κ2) is 6.45. The second-order valence-electron chi connectivity index (χ2n) is 5.72. The fraction of sp³-hybridized carbons (Fsp3) is 0.312. The Balaban J connectivity index is 1.97. The van der Waals surface area contributed by atoms with Gasteiger partial charge >= 0.3 is 5.97 Å². The van der Waals surface area contributed by atoms with Gasteiger partial charge in [0.15, 0.2) is 6.61 Å². The molecule has 2 aliphatic rings. The lowest BCUT2D eigenvalue weighted by Gasteiger charge is -2.18. The number of benzene rings is 1. The Morgan fingerprint density at radius 1 is 1.32 bits per heavy atom. The van der Waals surface area contributed by atoms with Crippen LogP contribution in [-0.4, -0.2) is 40.7 Å². The lowest BCUT2D eigenvalue weighted by Crippen LogP contribution is -2.32. The van der Waals surface area contributed by atoms with Crippen molar-refractivity contribution in [2.75, 3.05) is 11.5 Å². The summed E-state index contributed by atoms with van der Waals surface area (Å²) in [6.45, 7) is -0.715. The van der Waals surface area contributed by atoms with Crippen molar-refractivity contribution in [1.29, 1.82) is 0 Å². The van der Waals surface area contributed by atoms with Gasteiger partial charge in [-0.3, -0.25) is 9.59 Å². The molecule has 0 bridgehead atoms. The zero-order chi connectivity index (χ0) is 18.3. The highest BCUT2D eigenvalue weighted by Crippen LogP contribution is 2.39. The number of hydrogen-bond acceptors (Lipinski definition) is 5. The van der Waals surface area contributed by atoms with Gasteiger partial charge in [-0.2, -0.15) is 0 Å². The predicted molar refractivity (Wildman–Crippen MR) is 83.9 cm³/mol. The Labute approximate surface area is 146 Å². The van der Waals surface area contributed by atoms with Crippen LogP contribution in [0.15, 0.2) is 23.3 Å². The quantitative estimate of drug-likeness (QED) is 0.782. The Bertz CT molecular complexity index is 821. The van der Waals surface area contributed by atoms with Gasteiger partial charge in [-0.1, -0.05) is 11.6 Å². The summed E-state index contributed by atoms with van der Waals surface area (Å²) in [6.07, 6.45) is -0.106. The zero-order valence-corrected chi connectivity index (χ0v) is 13.5. The van der Waals surface area contributed by atoms with Crippen molar-refractivity contribution in [1.82, 2.24) is 0 Å². The van der Waals surface area contributed by atoms with Crippen LogP contribution in [0.1, 0.15) is 19.3 Å². The summed E-state index contributed by atoms with van der Waals surface area (Å²) < 4.78 is 19.3. The standard InChI is InChI=1S/C16H13ClFNO6/c17-10-4-11(18)12(5-13(10)25-6-14(21)22)19-15(23)8-2-1-7(20)3-9(8)16(19)24/h4-5,7,20H,1-3,6H2,(H,21,22). The van der Waals surface area contributed by atoms with Crippen LogP contribution in [0.2, 0.25) is 5.02 Å². The van der Waals surface area contributed by atoms with E-state index in [2.05, 4.69) is 0 Å². The number of aliphatic carboxylic acids is 1. The van der Waals surface area contributed by atoms with Crippen LogP contribution in [0.4, 0.5) is 10.1 Å². The van der Waals surface area contributed by atoms with Crippen molar-refractivity contribution >= 4 is 35.1 Å². The van der Waals surface area contributed by atoms with Crippen molar-refractivity contribution in [3.05, 3.63) is 34.1 Å². The van der Waals surface area contributed by atoms with E-state index in [0.29, 0.717) is 11.3 Å². The monoisotopic (exact) mass is 369 g/mol. The number of imide groups is 1. The first kappa shape index (κ1) is 17.4. The third kappa shape index (κ3) is 3.10. The molecule has 2 amide bonds. The molecule has 1 aliphatic carbocycles. The molecule has 1 aliphatic heterocycles. The minimum Gasteiger partial charge on any atom is -0.480 e. The molecular formula is C16H13ClFNO6. The van der Waals surface area contributed by atoms with Crippen molar-refractivity contribution in [3.63, 3.8) is 0 Å². The van der Waals surface area contributed by atoms with Gasteiger partial charge in [0.05, 0.1) is 16.8 Å². The van der Waals surface area contributed by atoms with Crippen LogP contribution in [0.5, 0.6) is 5.75 Å². The molecule has 1 unspecified atom stereocenters. The van der Waals surface area contributed by atoms with E-state index >= 15 is 0 Å². The first-order valence-electron chi connectivity index (χ1n) is 7.42. The molecule has 0 aromatic heterocycles. The maximum Gasteiger partial charge on any atom is 0.341 e. The molecule has 2 N–H and O–H groups in total. The van der Waals surface area contributed by atoms with Crippen molar-refractivity contribution in [3.8, 4) is 5.75 Å². The normalized spacial score (nSPS) is 20.1. The Morgan fingerprint density at radius 3 is 2.68 bits per heavy atom. The fourth-order valence-electron chi connectivity index (χ4n) is 2.90. The number of halogens is 2. The van der Waals surface area contributed by atoms with E-state index in [4.69, 9.17) is 21.4 Å². The lowest BCUT2D eigenvalue weighted by molar-refractivity contribution is -0.139. The molecule has 9 heteroatoms. The van der Waals surface area contributed by atoms with E-state index in [1.807, 2.05) is 0 Å². The van der Waals surface area contributed by atoms with Gasteiger partial charge in [-0.05, 0) is 18.9 Å². The van der Waals surface area contributed by atoms with Gasteiger partial charge in [-0.25, -0.2) is 14.1 Å². The summed E-state index contributed by atoms with van der Waals surface area (Å²) >= 11 is 5.82. The molecule has 1 atom stereocenters. The highest BCUT2D eigenvalue weighted by Gasteiger charge is 2.42. The number of carbonyl (C=O) groups is 3. The smallest absolute Gasteiger partial charge is 0.341 e. The minimum atomic E-state index is -1.26. The first-order valence-corrected chi connectivity index (χ1v) is 7.80. The molecule has 1 aromatic rings. The second-order valence-corrected chi connectivity index (χ2v) is 6.12. The molecule has 0 spiro atoms. The van der Waals surface area contributed by atoms with Gasteiger partial charge in [-0.15, -0.1) is 0 Å². The van der Waals surface area contributed by atoms with E-state index < -0.39 is 36.3 Å². The van der Waals surface area contributed by atoms with Gasteiger partial charge in [0.25, 0.3) is 11.8 Å². The van der Waals surface area contributed by atoms with Crippen LogP contribution in [-0.2, 0) is 14.4 Å². The van der Waals surface area contributed by atoms with Crippen molar-refractivity contribution in [2.45, 2.75) is 25.4 Å². The van der Waals surface area contributed by atoms with Gasteiger partial charge in [0.2, 0.25) is 0 Å². The summed E-state index contributed by atoms with van der Waals surface area (Å²) in [5.74, 6) is -3.71. The Kier molecular flexibility index (Phi) is 4.49. The number of rotatable bonds is 4. The van der Waals surface area contributed by atoms with E-state index in [0.717, 1.165) is 12.1 Å². The topological polar surface area (TPSA) is 104 Å². The average Bonchev–Trinajstić information content (AvgIpc) is 2.78. The van der Waals surface area contributed by atoms with E-state index in [-0.39, 0.29) is 40.4 Å². The number of anilines is 1. The zero-order valence-electron chi connectivity index (χ0n) is 12.8. The third-order valence-electron chi connectivity index (χ3n) is 4.05. The SMILES string of the molecule is O=C(O)COc1cc(N2C(=O)C3=C(CC(O)CC3)C2=O)c(F)cc1Cl. The minimum absolute atomic E-state index is 0.0357. The molecule has 0 fully saturated rings. The number of carbonyl (C=O) groups excluding carboxylic acids is 2. The molecule has 0 saturated heterocycles. The summed E-state index contributed by atoms with van der Waals surface area (Å²) in [5.41, 5.74) is 0.0624. The van der Waals surface area contributed by atoms with E-state index in [1.54, 1.807) is 0 Å². The van der Waals surface area contributed by atoms with Crippen LogP contribution in [0, 0.1) is 5.82 Å². The van der Waals surface area contributed by atoms with Crippen LogP contribution >= 0.6 is 11.6 Å². The molecule has 1 aromatic carbocycles. The number of ether oxygens (including phenoxy) is 1. The van der Waals surface area contributed by atoms with E-state index in [1.165, 1.54) is 0 Å². The van der Waals surface area contributed by atoms with Crippen LogP contribution in [0.3, 0.4) is 0 Å². The van der Waals surface area contributed by atoms with Crippen LogP contribution in [0.25, 0.3) is 0 Å². The highest BCUT2D eigenvalue weighted by atomic mass is 35.5. The largest absolute Gasteiger partial charge is 0.480 e. The Hall–Kier alpha value is -2.45. The molecule has 25 heavy (non-hydrogen) atoms. The number of nitrogens with zero attached hydrogens (tertiary/aromatic N) is 1. The molecular weight excluding hydrogens is 357 g/mol. The van der Waals surface area contributed by atoms with Gasteiger partial charge in [0.1, 0.15) is 11.6 Å². The van der Waals surface area contributed by atoms with E-state index in [9.17, 15) is 23.9 Å². The summed E-state index contributed by atoms with van der Waals surface area (Å²) in [7, 11) is 0. The maximum absolute atomic E-state index is 14.3. The molecule has 3 rings (SSSR count). The number of amides is 2. The van der Waals surface area contributed by atoms with Crippen molar-refractivity contribution in [2.24, 2.45) is 0 Å². The van der Waals surface area contributed by atoms with Gasteiger partial charge < -0.3 is 14.9 Å². The number of hydrogen-bond donors (Lipinski definition) is 2. The molecule has 0 saturated carbocycles. The summed E-state index contributed by atoms with van der Waals surface area (Å²) in [4.78, 5) is 36.3. The Morgan fingerprint density at radius 2 is 2.00 bits per heavy atom. The maximum atomic E-state index is 14.3. The molecule has 7 nitrogen and oxygen atoms in total.